The van der Waals surface area contributed by atoms with Crippen molar-refractivity contribution in [3.05, 3.63) is 0 Å². The molecular weight excluding hydrogens is 476 g/mol. The molecule has 0 aliphatic heterocycles. The standard InChI is InChI=1S/C35H76N4/c1-4-7-10-12-14-16-18-20-22-31-39(32-23-21-19-17-15-13-11-8-5-2)35-26-34-38(30-9-6-3)33-25-29-37-28-24-27-36/h37H,4-36H2,1-3H3. The van der Waals surface area contributed by atoms with Gasteiger partial charge in [0.2, 0.25) is 0 Å². The zero-order valence-electron chi connectivity index (χ0n) is 27.6. The molecule has 0 aromatic heterocycles. The number of unbranched alkanes of at least 4 members (excludes halogenated alkanes) is 17. The molecule has 3 N–H and O–H groups in total. The maximum atomic E-state index is 5.62. The Morgan fingerprint density at radius 1 is 0.359 bits per heavy atom. The minimum atomic E-state index is 0.796. The van der Waals surface area contributed by atoms with E-state index in [0.717, 1.165) is 26.1 Å². The topological polar surface area (TPSA) is 44.5 Å². The molecular formula is C35H76N4. The minimum absolute atomic E-state index is 0.796. The van der Waals surface area contributed by atoms with Crippen molar-refractivity contribution in [3.8, 4) is 0 Å². The van der Waals surface area contributed by atoms with Crippen LogP contribution in [-0.4, -0.2) is 68.7 Å². The van der Waals surface area contributed by atoms with Crippen molar-refractivity contribution < 1.29 is 0 Å². The second-order valence-electron chi connectivity index (χ2n) is 12.3. The van der Waals surface area contributed by atoms with E-state index in [1.165, 1.54) is 181 Å². The lowest BCUT2D eigenvalue weighted by molar-refractivity contribution is 0.217. The predicted molar refractivity (Wildman–Crippen MR) is 178 cm³/mol. The van der Waals surface area contributed by atoms with E-state index < -0.39 is 0 Å². The van der Waals surface area contributed by atoms with Crippen LogP contribution < -0.4 is 11.1 Å². The molecule has 0 rings (SSSR count). The molecule has 4 nitrogen and oxygen atoms in total. The Labute approximate surface area is 248 Å². The van der Waals surface area contributed by atoms with Crippen LogP contribution in [0.3, 0.4) is 0 Å². The number of nitrogens with zero attached hydrogens (tertiary/aromatic N) is 2. The zero-order chi connectivity index (χ0) is 28.5. The fourth-order valence-corrected chi connectivity index (χ4v) is 5.64. The summed E-state index contributed by atoms with van der Waals surface area (Å²) in [6.07, 6.45) is 32.1. The summed E-state index contributed by atoms with van der Waals surface area (Å²) in [4.78, 5) is 5.57. The van der Waals surface area contributed by atoms with E-state index >= 15 is 0 Å². The van der Waals surface area contributed by atoms with E-state index in [1.807, 2.05) is 0 Å². The van der Waals surface area contributed by atoms with Crippen LogP contribution in [0.2, 0.25) is 0 Å². The van der Waals surface area contributed by atoms with E-state index in [0.29, 0.717) is 0 Å². The summed E-state index contributed by atoms with van der Waals surface area (Å²) in [5.41, 5.74) is 5.62. The number of nitrogens with two attached hydrogens (primary N) is 1. The van der Waals surface area contributed by atoms with Gasteiger partial charge < -0.3 is 20.9 Å². The zero-order valence-corrected chi connectivity index (χ0v) is 27.6. The third-order valence-corrected chi connectivity index (χ3v) is 8.32. The molecule has 4 heteroatoms. The summed E-state index contributed by atoms with van der Waals surface area (Å²) in [5.74, 6) is 0. The van der Waals surface area contributed by atoms with Crippen LogP contribution in [-0.2, 0) is 0 Å². The van der Waals surface area contributed by atoms with Crippen molar-refractivity contribution >= 4 is 0 Å². The lowest BCUT2D eigenvalue weighted by Gasteiger charge is -2.26. The van der Waals surface area contributed by atoms with Crippen LogP contribution in [0.5, 0.6) is 0 Å². The lowest BCUT2D eigenvalue weighted by atomic mass is 10.1. The molecule has 0 radical (unpaired) electrons. The van der Waals surface area contributed by atoms with E-state index in [2.05, 4.69) is 35.9 Å². The maximum absolute atomic E-state index is 5.62. The Bertz CT molecular complexity index is 409. The van der Waals surface area contributed by atoms with Gasteiger partial charge in [-0.1, -0.05) is 130 Å². The second kappa shape index (κ2) is 34.0. The normalized spacial score (nSPS) is 11.8. The van der Waals surface area contributed by atoms with Crippen molar-refractivity contribution in [2.24, 2.45) is 5.73 Å². The lowest BCUT2D eigenvalue weighted by Crippen LogP contribution is -2.33. The van der Waals surface area contributed by atoms with Crippen molar-refractivity contribution in [2.75, 3.05) is 58.9 Å². The Balaban J connectivity index is 4.29. The molecule has 0 heterocycles. The van der Waals surface area contributed by atoms with Crippen molar-refractivity contribution in [3.63, 3.8) is 0 Å². The van der Waals surface area contributed by atoms with Crippen LogP contribution in [0.1, 0.15) is 168 Å². The van der Waals surface area contributed by atoms with Gasteiger partial charge in [0.1, 0.15) is 0 Å². The quantitative estimate of drug-likeness (QED) is 0.0781. The summed E-state index contributed by atoms with van der Waals surface area (Å²) >= 11 is 0. The molecule has 236 valence electrons. The van der Waals surface area contributed by atoms with Crippen LogP contribution in [0, 0.1) is 0 Å². The summed E-state index contributed by atoms with van der Waals surface area (Å²) in [6, 6.07) is 0. The van der Waals surface area contributed by atoms with E-state index in [-0.39, 0.29) is 0 Å². The van der Waals surface area contributed by atoms with Crippen molar-refractivity contribution in [1.82, 2.24) is 15.1 Å². The van der Waals surface area contributed by atoms with E-state index in [4.69, 9.17) is 5.73 Å². The first kappa shape index (κ1) is 38.8. The molecule has 0 aromatic rings. The van der Waals surface area contributed by atoms with Crippen LogP contribution in [0.25, 0.3) is 0 Å². The molecule has 0 aliphatic carbocycles. The van der Waals surface area contributed by atoms with Crippen molar-refractivity contribution in [1.29, 1.82) is 0 Å². The molecule has 39 heavy (non-hydrogen) atoms. The molecule has 0 unspecified atom stereocenters. The van der Waals surface area contributed by atoms with Crippen molar-refractivity contribution in [2.45, 2.75) is 168 Å². The number of nitrogens with one attached hydrogen (secondary N) is 1. The van der Waals surface area contributed by atoms with Crippen LogP contribution >= 0.6 is 0 Å². The Kier molecular flexibility index (Phi) is 33.9. The number of hydrogen-bond acceptors (Lipinski definition) is 4. The fourth-order valence-electron chi connectivity index (χ4n) is 5.64. The highest BCUT2D eigenvalue weighted by Gasteiger charge is 2.08. The smallest absolute Gasteiger partial charge is 0.000654 e. The molecule has 0 aromatic carbocycles. The maximum Gasteiger partial charge on any atom is -0.000654 e. The Morgan fingerprint density at radius 3 is 1.13 bits per heavy atom. The highest BCUT2D eigenvalue weighted by Crippen LogP contribution is 2.12. The SMILES string of the molecule is CCCCCCCCCCCN(CCCCCCCCCCC)CCCN(CCCC)CCCNCCCN. The third-order valence-electron chi connectivity index (χ3n) is 8.32. The van der Waals surface area contributed by atoms with Gasteiger partial charge in [-0.05, 0) is 97.4 Å². The van der Waals surface area contributed by atoms with Gasteiger partial charge in [-0.3, -0.25) is 0 Å². The molecule has 0 fully saturated rings. The van der Waals surface area contributed by atoms with Gasteiger partial charge in [0.05, 0.1) is 0 Å². The number of rotatable bonds is 34. The first-order valence-electron chi connectivity index (χ1n) is 18.1. The third kappa shape index (κ3) is 30.6. The van der Waals surface area contributed by atoms with E-state index in [1.54, 1.807) is 0 Å². The molecule has 0 bridgehead atoms. The molecule has 0 aliphatic rings. The Morgan fingerprint density at radius 2 is 0.692 bits per heavy atom. The van der Waals surface area contributed by atoms with Gasteiger partial charge in [0, 0.05) is 0 Å². The molecule has 0 saturated carbocycles. The van der Waals surface area contributed by atoms with Gasteiger partial charge in [-0.15, -0.1) is 0 Å². The number of hydrogen-bond donors (Lipinski definition) is 2. The first-order valence-corrected chi connectivity index (χ1v) is 18.1. The fraction of sp³-hybridized carbons (Fsp3) is 1.00. The van der Waals surface area contributed by atoms with Gasteiger partial charge >= 0.3 is 0 Å². The highest BCUT2D eigenvalue weighted by atomic mass is 15.1. The molecule has 0 spiro atoms. The van der Waals surface area contributed by atoms with Gasteiger partial charge in [-0.25, -0.2) is 0 Å². The van der Waals surface area contributed by atoms with Crippen LogP contribution in [0.15, 0.2) is 0 Å². The molecule has 0 amide bonds. The second-order valence-corrected chi connectivity index (χ2v) is 12.3. The van der Waals surface area contributed by atoms with Gasteiger partial charge in [0.15, 0.2) is 0 Å². The Hall–Kier alpha value is -0.160. The van der Waals surface area contributed by atoms with Gasteiger partial charge in [-0.2, -0.15) is 0 Å². The summed E-state index contributed by atoms with van der Waals surface area (Å²) in [7, 11) is 0. The highest BCUT2D eigenvalue weighted by molar-refractivity contribution is 4.65. The largest absolute Gasteiger partial charge is 0.330 e. The average Bonchev–Trinajstić information content (AvgIpc) is 2.95. The predicted octanol–water partition coefficient (Wildman–Crippen LogP) is 9.17. The van der Waals surface area contributed by atoms with Crippen LogP contribution in [0.4, 0.5) is 0 Å². The monoisotopic (exact) mass is 553 g/mol. The summed E-state index contributed by atoms with van der Waals surface area (Å²) < 4.78 is 0. The first-order chi connectivity index (χ1) is 19.3. The average molecular weight is 553 g/mol. The summed E-state index contributed by atoms with van der Waals surface area (Å²) in [5, 5.41) is 3.56. The minimum Gasteiger partial charge on any atom is -0.330 e. The molecule has 0 saturated heterocycles. The summed E-state index contributed by atoms with van der Waals surface area (Å²) in [6.45, 7) is 17.7. The molecule has 0 atom stereocenters. The van der Waals surface area contributed by atoms with Gasteiger partial charge in [0.25, 0.3) is 0 Å². The van der Waals surface area contributed by atoms with E-state index in [9.17, 15) is 0 Å².